The van der Waals surface area contributed by atoms with E-state index in [1.807, 2.05) is 0 Å². The molecule has 1 aromatic heterocycles. The average molecular weight is 394 g/mol. The molecule has 1 atom stereocenters. The Hall–Kier alpha value is -3.34. The molecule has 150 valence electrons. The molecule has 8 heteroatoms. The van der Waals surface area contributed by atoms with E-state index in [1.165, 1.54) is 6.07 Å². The molecule has 0 saturated heterocycles. The Kier molecular flexibility index (Phi) is 4.34. The van der Waals surface area contributed by atoms with Gasteiger partial charge in [0, 0.05) is 11.3 Å². The van der Waals surface area contributed by atoms with Crippen molar-refractivity contribution in [2.75, 3.05) is 12.5 Å². The largest absolute Gasteiger partial charge is 0.454 e. The summed E-state index contributed by atoms with van der Waals surface area (Å²) < 4.78 is 10.8. The Labute approximate surface area is 168 Å². The number of nitrogens with two attached hydrogens (primary N) is 1. The van der Waals surface area contributed by atoms with Crippen molar-refractivity contribution < 1.29 is 14.4 Å². The predicted octanol–water partition coefficient (Wildman–Crippen LogP) is 3.99. The maximum Gasteiger partial charge on any atom is 0.281 e. The monoisotopic (exact) mass is 394 g/mol. The Morgan fingerprint density at radius 2 is 2.00 bits per heavy atom. The molecule has 2 aromatic rings. The van der Waals surface area contributed by atoms with E-state index in [9.17, 15) is 15.4 Å². The van der Waals surface area contributed by atoms with Gasteiger partial charge in [0.15, 0.2) is 11.5 Å². The zero-order chi connectivity index (χ0) is 20.9. The van der Waals surface area contributed by atoms with E-state index in [-0.39, 0.29) is 29.3 Å². The SMILES string of the molecule is CC(C)(C)C1CCc2nc(N)c(C#N)c(-c3cc4c(cc3[N+](=O)[O-])OCO4)c2C1. The fourth-order valence-corrected chi connectivity index (χ4v) is 4.21. The molecule has 0 spiro atoms. The molecular formula is C21H22N4O4. The van der Waals surface area contributed by atoms with Gasteiger partial charge >= 0.3 is 0 Å². The van der Waals surface area contributed by atoms with E-state index in [2.05, 4.69) is 31.8 Å². The minimum absolute atomic E-state index is 0.00371. The second-order valence-corrected chi connectivity index (χ2v) is 8.57. The number of nitrogen functional groups attached to an aromatic ring is 1. The summed E-state index contributed by atoms with van der Waals surface area (Å²) in [6, 6.07) is 5.05. The fourth-order valence-electron chi connectivity index (χ4n) is 4.21. The standard InChI is InChI=1S/C21H22N4O4/c1-21(2,3)11-4-5-15-12(6-11)19(14(9-22)20(23)24-15)13-7-17-18(29-10-28-17)8-16(13)25(26)27/h7-8,11H,4-6,10H2,1-3H3,(H2,23,24). The van der Waals surface area contributed by atoms with E-state index in [0.717, 1.165) is 24.1 Å². The minimum atomic E-state index is -0.467. The molecule has 0 radical (unpaired) electrons. The highest BCUT2D eigenvalue weighted by atomic mass is 16.7. The molecule has 1 aliphatic heterocycles. The molecule has 0 fully saturated rings. The lowest BCUT2D eigenvalue weighted by atomic mass is 9.70. The molecule has 1 aromatic carbocycles. The van der Waals surface area contributed by atoms with Crippen LogP contribution in [0.3, 0.4) is 0 Å². The molecule has 0 amide bonds. The number of hydrogen-bond donors (Lipinski definition) is 1. The number of hydrogen-bond acceptors (Lipinski definition) is 7. The fraction of sp³-hybridized carbons (Fsp3) is 0.429. The van der Waals surface area contributed by atoms with Crippen molar-refractivity contribution in [2.45, 2.75) is 40.0 Å². The zero-order valence-electron chi connectivity index (χ0n) is 16.6. The van der Waals surface area contributed by atoms with Gasteiger partial charge in [-0.05, 0) is 42.2 Å². The van der Waals surface area contributed by atoms with Gasteiger partial charge < -0.3 is 15.2 Å². The maximum atomic E-state index is 11.9. The van der Waals surface area contributed by atoms with Crippen LogP contribution in [0.1, 0.15) is 44.0 Å². The molecule has 2 heterocycles. The first-order valence-corrected chi connectivity index (χ1v) is 9.50. The van der Waals surface area contributed by atoms with Crippen LogP contribution in [0.2, 0.25) is 0 Å². The average Bonchev–Trinajstić information content (AvgIpc) is 3.12. The van der Waals surface area contributed by atoms with Crippen LogP contribution in [0, 0.1) is 32.8 Å². The summed E-state index contributed by atoms with van der Waals surface area (Å²) in [5.41, 5.74) is 8.66. The number of anilines is 1. The van der Waals surface area contributed by atoms with E-state index < -0.39 is 4.92 Å². The molecule has 2 aliphatic rings. The number of nitrogens with zero attached hydrogens (tertiary/aromatic N) is 3. The van der Waals surface area contributed by atoms with Crippen molar-refractivity contribution in [3.8, 4) is 28.7 Å². The van der Waals surface area contributed by atoms with Gasteiger partial charge in [0.2, 0.25) is 6.79 Å². The van der Waals surface area contributed by atoms with Crippen LogP contribution in [-0.2, 0) is 12.8 Å². The van der Waals surface area contributed by atoms with Gasteiger partial charge in [0.05, 0.1) is 16.6 Å². The maximum absolute atomic E-state index is 11.9. The van der Waals surface area contributed by atoms with Crippen LogP contribution in [0.5, 0.6) is 11.5 Å². The van der Waals surface area contributed by atoms with Crippen LogP contribution < -0.4 is 15.2 Å². The van der Waals surface area contributed by atoms with E-state index in [4.69, 9.17) is 15.2 Å². The van der Waals surface area contributed by atoms with Crippen LogP contribution in [0.25, 0.3) is 11.1 Å². The summed E-state index contributed by atoms with van der Waals surface area (Å²) in [6.07, 6.45) is 2.36. The summed E-state index contributed by atoms with van der Waals surface area (Å²) in [4.78, 5) is 15.8. The van der Waals surface area contributed by atoms with Gasteiger partial charge in [-0.2, -0.15) is 5.26 Å². The normalized spacial score (nSPS) is 17.5. The van der Waals surface area contributed by atoms with Crippen molar-refractivity contribution in [3.05, 3.63) is 39.1 Å². The van der Waals surface area contributed by atoms with E-state index >= 15 is 0 Å². The predicted molar refractivity (Wildman–Crippen MR) is 107 cm³/mol. The number of nitriles is 1. The number of nitro groups is 1. The first kappa shape index (κ1) is 19.0. The van der Waals surface area contributed by atoms with Crippen molar-refractivity contribution in [1.82, 2.24) is 4.98 Å². The highest BCUT2D eigenvalue weighted by Gasteiger charge is 2.35. The van der Waals surface area contributed by atoms with Crippen LogP contribution >= 0.6 is 0 Å². The van der Waals surface area contributed by atoms with Gasteiger partial charge in [0.1, 0.15) is 17.5 Å². The molecule has 2 N–H and O–H groups in total. The van der Waals surface area contributed by atoms with Crippen LogP contribution in [0.4, 0.5) is 11.5 Å². The van der Waals surface area contributed by atoms with Crippen molar-refractivity contribution in [1.29, 1.82) is 5.26 Å². The lowest BCUT2D eigenvalue weighted by Gasteiger charge is -2.35. The third-order valence-electron chi connectivity index (χ3n) is 5.89. The van der Waals surface area contributed by atoms with Crippen molar-refractivity contribution in [2.24, 2.45) is 11.3 Å². The number of pyridine rings is 1. The van der Waals surface area contributed by atoms with Gasteiger partial charge in [-0.15, -0.1) is 0 Å². The number of fused-ring (bicyclic) bond motifs is 2. The van der Waals surface area contributed by atoms with Gasteiger partial charge in [0.25, 0.3) is 5.69 Å². The summed E-state index contributed by atoms with van der Waals surface area (Å²) >= 11 is 0. The summed E-state index contributed by atoms with van der Waals surface area (Å²) in [6.45, 7) is 6.55. The molecular weight excluding hydrogens is 372 g/mol. The molecule has 8 nitrogen and oxygen atoms in total. The van der Waals surface area contributed by atoms with Crippen molar-refractivity contribution in [3.63, 3.8) is 0 Å². The van der Waals surface area contributed by atoms with Crippen LogP contribution in [0.15, 0.2) is 12.1 Å². The summed E-state index contributed by atoms with van der Waals surface area (Å²) in [5.74, 6) is 1.20. The van der Waals surface area contributed by atoms with Crippen molar-refractivity contribution >= 4 is 11.5 Å². The molecule has 0 bridgehead atoms. The number of aryl methyl sites for hydroxylation is 1. The van der Waals surface area contributed by atoms with Gasteiger partial charge in [-0.25, -0.2) is 4.98 Å². The van der Waals surface area contributed by atoms with Gasteiger partial charge in [-0.3, -0.25) is 10.1 Å². The van der Waals surface area contributed by atoms with Gasteiger partial charge in [-0.1, -0.05) is 20.8 Å². The first-order chi connectivity index (χ1) is 13.7. The lowest BCUT2D eigenvalue weighted by Crippen LogP contribution is -2.28. The second kappa shape index (κ2) is 6.62. The number of nitro benzene ring substituents is 1. The Balaban J connectivity index is 2.01. The molecule has 1 unspecified atom stereocenters. The topological polar surface area (TPSA) is 124 Å². The highest BCUT2D eigenvalue weighted by Crippen LogP contribution is 2.47. The second-order valence-electron chi connectivity index (χ2n) is 8.57. The molecule has 1 aliphatic carbocycles. The molecule has 4 rings (SSSR count). The number of benzene rings is 1. The number of ether oxygens (including phenoxy) is 2. The third-order valence-corrected chi connectivity index (χ3v) is 5.89. The third kappa shape index (κ3) is 3.12. The smallest absolute Gasteiger partial charge is 0.281 e. The summed E-state index contributed by atoms with van der Waals surface area (Å²) in [7, 11) is 0. The Bertz CT molecular complexity index is 1070. The Morgan fingerprint density at radius 3 is 2.62 bits per heavy atom. The number of aromatic nitrogens is 1. The van der Waals surface area contributed by atoms with E-state index in [0.29, 0.717) is 35.0 Å². The minimum Gasteiger partial charge on any atom is -0.454 e. The lowest BCUT2D eigenvalue weighted by molar-refractivity contribution is -0.384. The quantitative estimate of drug-likeness (QED) is 0.603. The number of rotatable bonds is 2. The Morgan fingerprint density at radius 1 is 1.31 bits per heavy atom. The van der Waals surface area contributed by atoms with E-state index in [1.54, 1.807) is 6.07 Å². The highest BCUT2D eigenvalue weighted by molar-refractivity contribution is 5.86. The summed E-state index contributed by atoms with van der Waals surface area (Å²) in [5, 5.41) is 21.7. The van der Waals surface area contributed by atoms with Crippen LogP contribution in [-0.4, -0.2) is 16.7 Å². The first-order valence-electron chi connectivity index (χ1n) is 9.50. The molecule has 0 saturated carbocycles. The molecule has 29 heavy (non-hydrogen) atoms. The zero-order valence-corrected chi connectivity index (χ0v) is 16.6.